The Balaban J connectivity index is 1.34. The van der Waals surface area contributed by atoms with Gasteiger partial charge >= 0.3 is 0 Å². The largest absolute Gasteiger partial charge is 0.309 e. The highest BCUT2D eigenvalue weighted by molar-refractivity contribution is 7.99. The molecule has 0 aliphatic carbocycles. The van der Waals surface area contributed by atoms with Gasteiger partial charge in [-0.3, -0.25) is 0 Å². The van der Waals surface area contributed by atoms with Crippen LogP contribution in [0.25, 0.3) is 71.3 Å². The molecule has 1 aliphatic rings. The van der Waals surface area contributed by atoms with E-state index in [4.69, 9.17) is 0 Å². The number of benzene rings is 7. The molecule has 2 heterocycles. The van der Waals surface area contributed by atoms with E-state index in [1.165, 1.54) is 81.1 Å². The van der Waals surface area contributed by atoms with Crippen LogP contribution in [0, 0.1) is 0 Å². The average Bonchev–Trinajstić information content (AvgIpc) is 3.33. The predicted octanol–water partition coefficient (Wildman–Crippen LogP) is 10.9. The molecule has 7 aromatic carbocycles. The minimum atomic E-state index is 1.18. The van der Waals surface area contributed by atoms with Gasteiger partial charge in [0.25, 0.3) is 0 Å². The third-order valence-electron chi connectivity index (χ3n) is 8.36. The second-order valence-electron chi connectivity index (χ2n) is 10.6. The van der Waals surface area contributed by atoms with Crippen LogP contribution in [0.1, 0.15) is 0 Å². The molecule has 0 bridgehead atoms. The summed E-state index contributed by atoms with van der Waals surface area (Å²) in [5.41, 5.74) is 8.84. The molecule has 0 atom stereocenters. The zero-order valence-corrected chi connectivity index (χ0v) is 22.5. The maximum atomic E-state index is 2.41. The summed E-state index contributed by atoms with van der Waals surface area (Å²) in [5, 5.41) is 7.77. The molecule has 0 saturated carbocycles. The molecule has 1 aliphatic heterocycles. The summed E-state index contributed by atoms with van der Waals surface area (Å²) in [4.78, 5) is 2.67. The van der Waals surface area contributed by atoms with Crippen LogP contribution in [0.4, 0.5) is 0 Å². The zero-order valence-electron chi connectivity index (χ0n) is 21.6. The first-order valence-electron chi connectivity index (χ1n) is 13.7. The van der Waals surface area contributed by atoms with E-state index >= 15 is 0 Å². The van der Waals surface area contributed by atoms with Gasteiger partial charge < -0.3 is 4.57 Å². The Hall–Kier alpha value is -4.79. The summed E-state index contributed by atoms with van der Waals surface area (Å²) in [6.07, 6.45) is 0. The van der Waals surface area contributed by atoms with Gasteiger partial charge in [0.05, 0.1) is 11.0 Å². The van der Waals surface area contributed by atoms with E-state index in [9.17, 15) is 0 Å². The van der Waals surface area contributed by atoms with Crippen molar-refractivity contribution >= 4 is 55.1 Å². The lowest BCUT2D eigenvalue weighted by Crippen LogP contribution is -1.94. The van der Waals surface area contributed by atoms with Gasteiger partial charge in [-0.15, -0.1) is 0 Å². The first kappa shape index (κ1) is 22.1. The van der Waals surface area contributed by atoms with Crippen molar-refractivity contribution in [3.05, 3.63) is 140 Å². The van der Waals surface area contributed by atoms with E-state index in [-0.39, 0.29) is 0 Å². The highest BCUT2D eigenvalue weighted by Gasteiger charge is 2.21. The van der Waals surface area contributed by atoms with E-state index in [2.05, 4.69) is 144 Å². The molecule has 0 fully saturated rings. The van der Waals surface area contributed by atoms with Crippen LogP contribution in [-0.4, -0.2) is 4.57 Å². The topological polar surface area (TPSA) is 4.93 Å². The Morgan fingerprint density at radius 1 is 0.425 bits per heavy atom. The van der Waals surface area contributed by atoms with Gasteiger partial charge in [-0.25, -0.2) is 0 Å². The van der Waals surface area contributed by atoms with Gasteiger partial charge in [0.2, 0.25) is 0 Å². The van der Waals surface area contributed by atoms with Crippen molar-refractivity contribution in [2.45, 2.75) is 9.79 Å². The van der Waals surface area contributed by atoms with Crippen molar-refractivity contribution < 1.29 is 0 Å². The molecule has 0 amide bonds. The van der Waals surface area contributed by atoms with Crippen LogP contribution >= 0.6 is 11.8 Å². The summed E-state index contributed by atoms with van der Waals surface area (Å²) in [7, 11) is 0. The van der Waals surface area contributed by atoms with E-state index in [0.29, 0.717) is 0 Å². The smallest absolute Gasteiger partial charge is 0.0547 e. The van der Waals surface area contributed by atoms with Crippen LogP contribution in [0.2, 0.25) is 0 Å². The average molecular weight is 526 g/mol. The lowest BCUT2D eigenvalue weighted by molar-refractivity contribution is 1.18. The molecular formula is C38H23NS. The first-order chi connectivity index (χ1) is 19.8. The summed E-state index contributed by atoms with van der Waals surface area (Å²) in [6.45, 7) is 0. The number of para-hydroxylation sites is 1. The molecule has 8 aromatic rings. The van der Waals surface area contributed by atoms with Gasteiger partial charge in [0.1, 0.15) is 0 Å². The quantitative estimate of drug-likeness (QED) is 0.217. The second kappa shape index (κ2) is 8.35. The number of hydrogen-bond acceptors (Lipinski definition) is 1. The normalized spacial score (nSPS) is 12.4. The predicted molar refractivity (Wildman–Crippen MR) is 171 cm³/mol. The van der Waals surface area contributed by atoms with Gasteiger partial charge in [-0.2, -0.15) is 0 Å². The fourth-order valence-corrected chi connectivity index (χ4v) is 7.69. The first-order valence-corrected chi connectivity index (χ1v) is 14.5. The number of nitrogens with zero attached hydrogens (tertiary/aromatic N) is 1. The Morgan fingerprint density at radius 3 is 2.08 bits per heavy atom. The molecule has 1 aromatic heterocycles. The minimum Gasteiger partial charge on any atom is -0.309 e. The van der Waals surface area contributed by atoms with Crippen LogP contribution in [0.15, 0.2) is 149 Å². The van der Waals surface area contributed by atoms with E-state index in [1.807, 2.05) is 11.8 Å². The van der Waals surface area contributed by atoms with Crippen molar-refractivity contribution in [1.29, 1.82) is 0 Å². The number of fused-ring (bicyclic) bond motifs is 6. The summed E-state index contributed by atoms with van der Waals surface area (Å²) < 4.78 is 2.41. The summed E-state index contributed by atoms with van der Waals surface area (Å²) >= 11 is 1.88. The van der Waals surface area contributed by atoms with E-state index in [0.717, 1.165) is 0 Å². The molecule has 0 unspecified atom stereocenters. The van der Waals surface area contributed by atoms with Crippen molar-refractivity contribution in [3.63, 3.8) is 0 Å². The van der Waals surface area contributed by atoms with Crippen LogP contribution in [-0.2, 0) is 0 Å². The number of rotatable bonds is 2. The van der Waals surface area contributed by atoms with Crippen LogP contribution in [0.3, 0.4) is 0 Å². The van der Waals surface area contributed by atoms with Crippen LogP contribution in [0.5, 0.6) is 0 Å². The summed E-state index contributed by atoms with van der Waals surface area (Å²) in [5.74, 6) is 0. The molecule has 186 valence electrons. The molecule has 0 spiro atoms. The van der Waals surface area contributed by atoms with Crippen molar-refractivity contribution in [3.8, 4) is 27.9 Å². The van der Waals surface area contributed by atoms with Crippen molar-refractivity contribution in [1.82, 2.24) is 4.57 Å². The summed E-state index contributed by atoms with van der Waals surface area (Å²) in [6, 6.07) is 51.3. The van der Waals surface area contributed by atoms with Gasteiger partial charge in [0.15, 0.2) is 0 Å². The molecule has 2 heteroatoms. The Kier molecular flexibility index (Phi) is 4.61. The lowest BCUT2D eigenvalue weighted by atomic mass is 9.92. The highest BCUT2D eigenvalue weighted by Crippen LogP contribution is 2.49. The van der Waals surface area contributed by atoms with Crippen molar-refractivity contribution in [2.75, 3.05) is 0 Å². The monoisotopic (exact) mass is 525 g/mol. The minimum absolute atomic E-state index is 1.18. The third-order valence-corrected chi connectivity index (χ3v) is 9.49. The molecule has 0 N–H and O–H groups in total. The van der Waals surface area contributed by atoms with Gasteiger partial charge in [-0.05, 0) is 86.9 Å². The van der Waals surface area contributed by atoms with E-state index < -0.39 is 0 Å². The van der Waals surface area contributed by atoms with E-state index in [1.54, 1.807) is 0 Å². The zero-order chi connectivity index (χ0) is 26.2. The standard InChI is InChI=1S/C38H23NS/c1-2-11-27(12-3-1)39-34-19-17-26(22-32(34)33-21-24-9-4-5-10-25(24)23-35(33)39)28-18-20-37-38-30(28)14-8-15-31(38)29-13-6-7-16-36(29)40-37/h1-23H. The lowest BCUT2D eigenvalue weighted by Gasteiger charge is -2.21. The maximum absolute atomic E-state index is 2.41. The molecule has 0 saturated heterocycles. The second-order valence-corrected chi connectivity index (χ2v) is 11.6. The number of hydrogen-bond donors (Lipinski definition) is 0. The van der Waals surface area contributed by atoms with Crippen LogP contribution < -0.4 is 0 Å². The number of aromatic nitrogens is 1. The Labute approximate surface area is 236 Å². The van der Waals surface area contributed by atoms with Crippen molar-refractivity contribution in [2.24, 2.45) is 0 Å². The fourth-order valence-electron chi connectivity index (χ4n) is 6.56. The van der Waals surface area contributed by atoms with Gasteiger partial charge in [0, 0.05) is 31.6 Å². The molecule has 0 radical (unpaired) electrons. The fraction of sp³-hybridized carbons (Fsp3) is 0. The SMILES string of the molecule is c1ccc(-n2c3ccc(-c4ccc5c6c(cccc46)-c4ccccc4S5)cc3c3cc4ccccc4cc32)cc1. The highest BCUT2D eigenvalue weighted by atomic mass is 32.2. The Bertz CT molecular complexity index is 2290. The maximum Gasteiger partial charge on any atom is 0.0547 e. The van der Waals surface area contributed by atoms with Gasteiger partial charge in [-0.1, -0.05) is 103 Å². The third kappa shape index (κ3) is 3.11. The Morgan fingerprint density at radius 2 is 1.18 bits per heavy atom. The molecule has 40 heavy (non-hydrogen) atoms. The molecule has 1 nitrogen and oxygen atoms in total. The molecule has 9 rings (SSSR count). The molecular weight excluding hydrogens is 502 g/mol.